The van der Waals surface area contributed by atoms with Crippen LogP contribution in [0.2, 0.25) is 5.02 Å². The molecule has 96 valence electrons. The summed E-state index contributed by atoms with van der Waals surface area (Å²) in [5.41, 5.74) is 1.70. The fraction of sp³-hybridized carbons (Fsp3) is 0.308. The van der Waals surface area contributed by atoms with E-state index in [9.17, 15) is 4.39 Å². The second-order valence-corrected chi connectivity index (χ2v) is 4.61. The number of nitrogens with zero attached hydrogens (tertiary/aromatic N) is 1. The molecule has 1 atom stereocenters. The van der Waals surface area contributed by atoms with Crippen LogP contribution in [0.3, 0.4) is 0 Å². The number of rotatable bonds is 4. The molecular weight excluding hydrogens is 255 g/mol. The Morgan fingerprint density at radius 2 is 2.22 bits per heavy atom. The van der Waals surface area contributed by atoms with Crippen molar-refractivity contribution in [2.45, 2.75) is 26.4 Å². The third kappa shape index (κ3) is 3.09. The molecule has 1 aromatic carbocycles. The van der Waals surface area contributed by atoms with Gasteiger partial charge in [0.05, 0.1) is 12.2 Å². The molecule has 0 aliphatic rings. The van der Waals surface area contributed by atoms with Crippen LogP contribution in [-0.4, -0.2) is 5.16 Å². The van der Waals surface area contributed by atoms with Crippen molar-refractivity contribution in [3.8, 4) is 0 Å². The first-order valence-electron chi connectivity index (χ1n) is 5.67. The minimum Gasteiger partial charge on any atom is -0.360 e. The van der Waals surface area contributed by atoms with Gasteiger partial charge >= 0.3 is 0 Å². The number of nitrogens with one attached hydrogen (secondary N) is 1. The third-order valence-corrected chi connectivity index (χ3v) is 3.02. The monoisotopic (exact) mass is 268 g/mol. The van der Waals surface area contributed by atoms with E-state index < -0.39 is 0 Å². The molecule has 1 heterocycles. The molecule has 0 spiro atoms. The van der Waals surface area contributed by atoms with E-state index in [2.05, 4.69) is 10.5 Å². The van der Waals surface area contributed by atoms with Gasteiger partial charge in [0.1, 0.15) is 5.82 Å². The molecule has 3 nitrogen and oxygen atoms in total. The lowest BCUT2D eigenvalue weighted by Gasteiger charge is -2.14. The zero-order chi connectivity index (χ0) is 13.1. The molecule has 0 aliphatic carbocycles. The molecule has 0 amide bonds. The van der Waals surface area contributed by atoms with E-state index in [4.69, 9.17) is 16.1 Å². The summed E-state index contributed by atoms with van der Waals surface area (Å²) in [5, 5.41) is 7.47. The Labute approximate surface area is 110 Å². The second kappa shape index (κ2) is 5.50. The van der Waals surface area contributed by atoms with Gasteiger partial charge in [0.2, 0.25) is 0 Å². The van der Waals surface area contributed by atoms with Crippen molar-refractivity contribution in [1.82, 2.24) is 10.5 Å². The Morgan fingerprint density at radius 3 is 2.83 bits per heavy atom. The Morgan fingerprint density at radius 1 is 1.44 bits per heavy atom. The third-order valence-electron chi connectivity index (χ3n) is 2.69. The zero-order valence-electron chi connectivity index (χ0n) is 10.2. The summed E-state index contributed by atoms with van der Waals surface area (Å²) in [6.45, 7) is 4.38. The predicted octanol–water partition coefficient (Wildman–Crippen LogP) is 3.63. The second-order valence-electron chi connectivity index (χ2n) is 4.20. The summed E-state index contributed by atoms with van der Waals surface area (Å²) in [4.78, 5) is 0. The van der Waals surface area contributed by atoms with E-state index >= 15 is 0 Å². The SMILES string of the molecule is Cc1cc(CNC(C)c2ccc(F)cc2Cl)on1. The molecule has 5 heteroatoms. The van der Waals surface area contributed by atoms with E-state index in [1.807, 2.05) is 19.9 Å². The summed E-state index contributed by atoms with van der Waals surface area (Å²) in [7, 11) is 0. The molecule has 1 N–H and O–H groups in total. The van der Waals surface area contributed by atoms with Gasteiger partial charge in [0.15, 0.2) is 5.76 Å². The standard InChI is InChI=1S/C13H14ClFN2O/c1-8-5-11(18-17-8)7-16-9(2)12-4-3-10(15)6-13(12)14/h3-6,9,16H,7H2,1-2H3. The van der Waals surface area contributed by atoms with Crippen molar-refractivity contribution >= 4 is 11.6 Å². The number of hydrogen-bond acceptors (Lipinski definition) is 3. The molecule has 1 unspecified atom stereocenters. The van der Waals surface area contributed by atoms with Crippen LogP contribution in [0.1, 0.15) is 30.0 Å². The van der Waals surface area contributed by atoms with Gasteiger partial charge in [-0.05, 0) is 31.5 Å². The maximum absolute atomic E-state index is 12.9. The van der Waals surface area contributed by atoms with Crippen LogP contribution in [0.4, 0.5) is 4.39 Å². The van der Waals surface area contributed by atoms with Gasteiger partial charge in [-0.2, -0.15) is 0 Å². The quantitative estimate of drug-likeness (QED) is 0.920. The van der Waals surface area contributed by atoms with E-state index in [1.165, 1.54) is 12.1 Å². The van der Waals surface area contributed by atoms with Crippen molar-refractivity contribution in [2.75, 3.05) is 0 Å². The molecule has 0 aliphatic heterocycles. The van der Waals surface area contributed by atoms with E-state index in [0.717, 1.165) is 17.0 Å². The fourth-order valence-electron chi connectivity index (χ4n) is 1.72. The molecule has 0 fully saturated rings. The summed E-state index contributed by atoms with van der Waals surface area (Å²) in [5.74, 6) is 0.430. The number of halogens is 2. The van der Waals surface area contributed by atoms with Crippen LogP contribution < -0.4 is 5.32 Å². The predicted molar refractivity (Wildman–Crippen MR) is 67.9 cm³/mol. The highest BCUT2D eigenvalue weighted by atomic mass is 35.5. The Hall–Kier alpha value is -1.39. The summed E-state index contributed by atoms with van der Waals surface area (Å²) in [6, 6.07) is 6.27. The van der Waals surface area contributed by atoms with Crippen molar-refractivity contribution in [3.05, 3.63) is 52.1 Å². The first-order chi connectivity index (χ1) is 8.56. The van der Waals surface area contributed by atoms with Gasteiger partial charge in [-0.25, -0.2) is 4.39 Å². The van der Waals surface area contributed by atoms with Crippen molar-refractivity contribution in [3.63, 3.8) is 0 Å². The highest BCUT2D eigenvalue weighted by Crippen LogP contribution is 2.23. The van der Waals surface area contributed by atoms with Crippen LogP contribution in [0.25, 0.3) is 0 Å². The van der Waals surface area contributed by atoms with Crippen LogP contribution in [-0.2, 0) is 6.54 Å². The van der Waals surface area contributed by atoms with Crippen LogP contribution in [0, 0.1) is 12.7 Å². The number of aromatic nitrogens is 1. The van der Waals surface area contributed by atoms with E-state index in [0.29, 0.717) is 11.6 Å². The Kier molecular flexibility index (Phi) is 3.99. The van der Waals surface area contributed by atoms with Gasteiger partial charge in [0, 0.05) is 17.1 Å². The van der Waals surface area contributed by atoms with Crippen LogP contribution in [0.5, 0.6) is 0 Å². The highest BCUT2D eigenvalue weighted by molar-refractivity contribution is 6.31. The minimum absolute atomic E-state index is 0.00325. The van der Waals surface area contributed by atoms with Crippen LogP contribution >= 0.6 is 11.6 Å². The smallest absolute Gasteiger partial charge is 0.150 e. The minimum atomic E-state index is -0.332. The average Bonchev–Trinajstić information content (AvgIpc) is 2.72. The lowest BCUT2D eigenvalue weighted by Crippen LogP contribution is -2.18. The molecule has 0 bridgehead atoms. The first kappa shape index (κ1) is 13.1. The fourth-order valence-corrected chi connectivity index (χ4v) is 2.05. The largest absolute Gasteiger partial charge is 0.360 e. The normalized spacial score (nSPS) is 12.7. The Bertz CT molecular complexity index is 542. The molecule has 1 aromatic heterocycles. The van der Waals surface area contributed by atoms with Crippen molar-refractivity contribution in [2.24, 2.45) is 0 Å². The molecular formula is C13H14ClFN2O. The maximum Gasteiger partial charge on any atom is 0.150 e. The van der Waals surface area contributed by atoms with E-state index in [-0.39, 0.29) is 11.9 Å². The maximum atomic E-state index is 12.9. The van der Waals surface area contributed by atoms with Gasteiger partial charge < -0.3 is 9.84 Å². The molecule has 2 rings (SSSR count). The molecule has 2 aromatic rings. The topological polar surface area (TPSA) is 38.1 Å². The number of aryl methyl sites for hydroxylation is 1. The average molecular weight is 269 g/mol. The Balaban J connectivity index is 2.01. The summed E-state index contributed by atoms with van der Waals surface area (Å²) in [6.07, 6.45) is 0. The lowest BCUT2D eigenvalue weighted by atomic mass is 10.1. The van der Waals surface area contributed by atoms with Gasteiger partial charge in [-0.15, -0.1) is 0 Å². The van der Waals surface area contributed by atoms with Gasteiger partial charge in [-0.3, -0.25) is 0 Å². The molecule has 0 saturated heterocycles. The van der Waals surface area contributed by atoms with Gasteiger partial charge in [-0.1, -0.05) is 22.8 Å². The zero-order valence-corrected chi connectivity index (χ0v) is 11.0. The highest BCUT2D eigenvalue weighted by Gasteiger charge is 2.11. The summed E-state index contributed by atoms with van der Waals surface area (Å²) >= 11 is 5.99. The molecule has 0 radical (unpaired) electrons. The molecule has 0 saturated carbocycles. The van der Waals surface area contributed by atoms with Gasteiger partial charge in [0.25, 0.3) is 0 Å². The lowest BCUT2D eigenvalue weighted by molar-refractivity contribution is 0.363. The summed E-state index contributed by atoms with van der Waals surface area (Å²) < 4.78 is 18.0. The van der Waals surface area contributed by atoms with Crippen molar-refractivity contribution < 1.29 is 8.91 Å². The van der Waals surface area contributed by atoms with E-state index in [1.54, 1.807) is 6.07 Å². The van der Waals surface area contributed by atoms with Crippen LogP contribution in [0.15, 0.2) is 28.8 Å². The number of hydrogen-bond donors (Lipinski definition) is 1. The molecule has 18 heavy (non-hydrogen) atoms. The number of benzene rings is 1. The first-order valence-corrected chi connectivity index (χ1v) is 6.04. The van der Waals surface area contributed by atoms with Crippen molar-refractivity contribution in [1.29, 1.82) is 0 Å².